The third-order valence-corrected chi connectivity index (χ3v) is 4.75. The topological polar surface area (TPSA) is 273 Å². The summed E-state index contributed by atoms with van der Waals surface area (Å²) in [5.41, 5.74) is 16.7. The van der Waals surface area contributed by atoms with Crippen LogP contribution in [0.25, 0.3) is 0 Å². The monoisotopic (exact) mass is 509 g/mol. The number of hydrogen-bond acceptors (Lipinski definition) is 8. The molecule has 12 N–H and O–H groups in total. The zero-order chi connectivity index (χ0) is 27.3. The van der Waals surface area contributed by atoms with Gasteiger partial charge in [-0.1, -0.05) is 12.1 Å². The molecule has 3 unspecified atom stereocenters. The maximum atomic E-state index is 12.7. The first-order valence-electron chi connectivity index (χ1n) is 10.8. The van der Waals surface area contributed by atoms with Crippen LogP contribution in [0.5, 0.6) is 5.75 Å². The van der Waals surface area contributed by atoms with Crippen LogP contribution < -0.4 is 33.2 Å². The number of guanidine groups is 1. The van der Waals surface area contributed by atoms with Crippen LogP contribution >= 0.6 is 0 Å². The number of aliphatic imine (C=N–C) groups is 1. The Balaban J connectivity index is 2.79. The fourth-order valence-corrected chi connectivity index (χ4v) is 2.92. The van der Waals surface area contributed by atoms with Crippen molar-refractivity contribution in [3.05, 3.63) is 29.8 Å². The van der Waals surface area contributed by atoms with E-state index in [1.54, 1.807) is 0 Å². The standard InChI is InChI=1S/C21H31N7O8/c22-13(2-1-7-25-21(23)24)18(33)26-10-16(30)27-14(8-11-3-5-12(29)6-4-11)19(34)28-15(20(35)36)9-17(31)32/h3-6,13-15,29H,1-2,7-10,22H2,(H,26,33)(H,27,30)(H,28,34)(H,31,32)(H,35,36)(H4,23,24,25). The number of aromatic hydroxyl groups is 1. The first kappa shape index (κ1) is 29.6. The van der Waals surface area contributed by atoms with Gasteiger partial charge in [-0.15, -0.1) is 0 Å². The molecule has 15 heteroatoms. The average molecular weight is 510 g/mol. The Morgan fingerprint density at radius 2 is 1.58 bits per heavy atom. The minimum atomic E-state index is -1.73. The second-order valence-corrected chi connectivity index (χ2v) is 7.76. The Kier molecular flexibility index (Phi) is 12.2. The number of carbonyl (C=O) groups is 5. The highest BCUT2D eigenvalue weighted by atomic mass is 16.4. The van der Waals surface area contributed by atoms with E-state index < -0.39 is 60.8 Å². The van der Waals surface area contributed by atoms with Crippen LogP contribution in [0.15, 0.2) is 29.3 Å². The van der Waals surface area contributed by atoms with E-state index in [4.69, 9.17) is 22.3 Å². The zero-order valence-corrected chi connectivity index (χ0v) is 19.3. The fourth-order valence-electron chi connectivity index (χ4n) is 2.92. The lowest BCUT2D eigenvalue weighted by Crippen LogP contribution is -2.54. The maximum Gasteiger partial charge on any atom is 0.326 e. The summed E-state index contributed by atoms with van der Waals surface area (Å²) < 4.78 is 0. The number of aliphatic carboxylic acids is 2. The fraction of sp³-hybridized carbons (Fsp3) is 0.429. The zero-order valence-electron chi connectivity index (χ0n) is 19.3. The molecule has 0 spiro atoms. The molecule has 0 saturated heterocycles. The number of phenolic OH excluding ortho intramolecular Hbond substituents is 1. The number of carboxylic acids is 2. The van der Waals surface area contributed by atoms with Crippen LogP contribution in [0.1, 0.15) is 24.8 Å². The molecule has 36 heavy (non-hydrogen) atoms. The molecule has 1 rings (SSSR count). The third kappa shape index (κ3) is 11.6. The number of carbonyl (C=O) groups excluding carboxylic acids is 3. The summed E-state index contributed by atoms with van der Waals surface area (Å²) in [4.78, 5) is 63.2. The highest BCUT2D eigenvalue weighted by molar-refractivity contribution is 5.93. The van der Waals surface area contributed by atoms with Crippen LogP contribution in [-0.4, -0.2) is 82.2 Å². The molecule has 1 aromatic rings. The molecule has 15 nitrogen and oxygen atoms in total. The van der Waals surface area contributed by atoms with Gasteiger partial charge in [0, 0.05) is 13.0 Å². The Labute approximate surface area is 206 Å². The summed E-state index contributed by atoms with van der Waals surface area (Å²) in [5.74, 6) is -5.49. The van der Waals surface area contributed by atoms with Crippen molar-refractivity contribution in [1.29, 1.82) is 0 Å². The quantitative estimate of drug-likeness (QED) is 0.0651. The van der Waals surface area contributed by atoms with E-state index in [0.717, 1.165) is 0 Å². The molecule has 0 aliphatic carbocycles. The van der Waals surface area contributed by atoms with Crippen molar-refractivity contribution >= 4 is 35.6 Å². The van der Waals surface area contributed by atoms with Crippen LogP contribution in [0.2, 0.25) is 0 Å². The van der Waals surface area contributed by atoms with Gasteiger partial charge in [-0.25, -0.2) is 4.79 Å². The van der Waals surface area contributed by atoms with E-state index in [-0.39, 0.29) is 31.1 Å². The highest BCUT2D eigenvalue weighted by Crippen LogP contribution is 2.12. The van der Waals surface area contributed by atoms with Crippen molar-refractivity contribution in [3.8, 4) is 5.75 Å². The van der Waals surface area contributed by atoms with Crippen LogP contribution in [0, 0.1) is 0 Å². The highest BCUT2D eigenvalue weighted by Gasteiger charge is 2.28. The molecule has 0 fully saturated rings. The van der Waals surface area contributed by atoms with Gasteiger partial charge in [-0.2, -0.15) is 0 Å². The molecule has 0 aliphatic heterocycles. The molecule has 0 heterocycles. The van der Waals surface area contributed by atoms with E-state index in [9.17, 15) is 34.2 Å². The summed E-state index contributed by atoms with van der Waals surface area (Å²) >= 11 is 0. The minimum absolute atomic E-state index is 0.0338. The van der Waals surface area contributed by atoms with Crippen molar-refractivity contribution in [3.63, 3.8) is 0 Å². The van der Waals surface area contributed by atoms with Crippen LogP contribution in [0.4, 0.5) is 0 Å². The average Bonchev–Trinajstić information content (AvgIpc) is 2.80. The van der Waals surface area contributed by atoms with Gasteiger partial charge in [-0.05, 0) is 30.5 Å². The Morgan fingerprint density at radius 3 is 2.14 bits per heavy atom. The number of amides is 3. The Bertz CT molecular complexity index is 964. The predicted octanol–water partition coefficient (Wildman–Crippen LogP) is -3.04. The van der Waals surface area contributed by atoms with Gasteiger partial charge in [0.15, 0.2) is 5.96 Å². The lowest BCUT2D eigenvalue weighted by molar-refractivity contribution is -0.147. The normalized spacial score (nSPS) is 12.9. The van der Waals surface area contributed by atoms with Gasteiger partial charge in [0.2, 0.25) is 17.7 Å². The molecule has 0 saturated carbocycles. The number of carboxylic acid groups (broad SMARTS) is 2. The van der Waals surface area contributed by atoms with E-state index in [1.165, 1.54) is 24.3 Å². The number of phenols is 1. The first-order chi connectivity index (χ1) is 16.9. The molecule has 198 valence electrons. The van der Waals surface area contributed by atoms with E-state index in [1.807, 2.05) is 0 Å². The first-order valence-corrected chi connectivity index (χ1v) is 10.8. The summed E-state index contributed by atoms with van der Waals surface area (Å²) in [5, 5.41) is 34.3. The molecular formula is C21H31N7O8. The Morgan fingerprint density at radius 1 is 0.944 bits per heavy atom. The number of hydrogen-bond donors (Lipinski definition) is 9. The smallest absolute Gasteiger partial charge is 0.326 e. The number of nitrogens with two attached hydrogens (primary N) is 3. The van der Waals surface area contributed by atoms with Gasteiger partial charge in [0.25, 0.3) is 0 Å². The van der Waals surface area contributed by atoms with Crippen molar-refractivity contribution in [2.45, 2.75) is 43.8 Å². The second kappa shape index (κ2) is 14.8. The number of nitrogens with zero attached hydrogens (tertiary/aromatic N) is 1. The second-order valence-electron chi connectivity index (χ2n) is 7.76. The summed E-state index contributed by atoms with van der Waals surface area (Å²) in [7, 11) is 0. The van der Waals surface area contributed by atoms with E-state index in [0.29, 0.717) is 12.0 Å². The molecule has 1 aromatic carbocycles. The predicted molar refractivity (Wildman–Crippen MR) is 126 cm³/mol. The van der Waals surface area contributed by atoms with E-state index >= 15 is 0 Å². The number of benzene rings is 1. The maximum absolute atomic E-state index is 12.7. The number of rotatable bonds is 15. The molecule has 0 radical (unpaired) electrons. The van der Waals surface area contributed by atoms with Gasteiger partial charge in [-0.3, -0.25) is 24.2 Å². The molecule has 0 aromatic heterocycles. The molecular weight excluding hydrogens is 478 g/mol. The molecule has 0 aliphatic rings. The summed E-state index contributed by atoms with van der Waals surface area (Å²) in [6.45, 7) is -0.256. The molecule has 3 atom stereocenters. The molecule has 0 bridgehead atoms. The van der Waals surface area contributed by atoms with Crippen molar-refractivity contribution in [2.75, 3.05) is 13.1 Å². The van der Waals surface area contributed by atoms with Crippen LogP contribution in [-0.2, 0) is 30.4 Å². The van der Waals surface area contributed by atoms with Crippen LogP contribution in [0.3, 0.4) is 0 Å². The van der Waals surface area contributed by atoms with Gasteiger partial charge in [0.1, 0.15) is 17.8 Å². The Hall–Kier alpha value is -4.40. The summed E-state index contributed by atoms with van der Waals surface area (Å²) in [6, 6.07) is 1.69. The third-order valence-electron chi connectivity index (χ3n) is 4.75. The lowest BCUT2D eigenvalue weighted by Gasteiger charge is -2.21. The van der Waals surface area contributed by atoms with E-state index in [2.05, 4.69) is 20.9 Å². The lowest BCUT2D eigenvalue weighted by atomic mass is 10.0. The number of nitrogens with one attached hydrogen (secondary N) is 3. The summed E-state index contributed by atoms with van der Waals surface area (Å²) in [6.07, 6.45) is -0.321. The van der Waals surface area contributed by atoms with Crippen molar-refractivity contribution in [2.24, 2.45) is 22.2 Å². The van der Waals surface area contributed by atoms with Gasteiger partial charge in [0.05, 0.1) is 19.0 Å². The minimum Gasteiger partial charge on any atom is -0.508 e. The SMILES string of the molecule is NC(N)=NCCCC(N)C(=O)NCC(=O)NC(Cc1ccc(O)cc1)C(=O)NC(CC(=O)O)C(=O)O. The molecule has 3 amide bonds. The largest absolute Gasteiger partial charge is 0.508 e. The van der Waals surface area contributed by atoms with Gasteiger partial charge < -0.3 is 48.5 Å². The van der Waals surface area contributed by atoms with Gasteiger partial charge >= 0.3 is 11.9 Å². The van der Waals surface area contributed by atoms with Crippen molar-refractivity contribution in [1.82, 2.24) is 16.0 Å². The van der Waals surface area contributed by atoms with Crippen molar-refractivity contribution < 1.29 is 39.3 Å².